The maximum absolute atomic E-state index is 14.5. The van der Waals surface area contributed by atoms with E-state index >= 15 is 0 Å². The first-order chi connectivity index (χ1) is 12.1. The third-order valence-electron chi connectivity index (χ3n) is 4.76. The largest absolute Gasteiger partial charge is 0.494 e. The van der Waals surface area contributed by atoms with Gasteiger partial charge >= 0.3 is 6.03 Å². The Morgan fingerprint density at radius 3 is 2.84 bits per heavy atom. The lowest BCUT2D eigenvalue weighted by Gasteiger charge is -2.26. The highest BCUT2D eigenvalue weighted by atomic mass is 19.1. The van der Waals surface area contributed by atoms with Gasteiger partial charge in [-0.15, -0.1) is 0 Å². The van der Waals surface area contributed by atoms with Gasteiger partial charge in [0.05, 0.1) is 18.0 Å². The van der Waals surface area contributed by atoms with Crippen LogP contribution in [0.1, 0.15) is 32.6 Å². The first-order valence-corrected chi connectivity index (χ1v) is 8.53. The third-order valence-corrected chi connectivity index (χ3v) is 4.76. The van der Waals surface area contributed by atoms with Crippen LogP contribution >= 0.6 is 0 Å². The highest BCUT2D eigenvalue weighted by molar-refractivity contribution is 6.26. The molecule has 0 saturated carbocycles. The summed E-state index contributed by atoms with van der Waals surface area (Å²) < 4.78 is 19.8. The number of nitrogens with zero attached hydrogens (tertiary/aromatic N) is 2. The van der Waals surface area contributed by atoms with Crippen molar-refractivity contribution in [3.05, 3.63) is 35.4 Å². The molecule has 2 aliphatic heterocycles. The van der Waals surface area contributed by atoms with Crippen molar-refractivity contribution in [3.8, 4) is 5.75 Å². The second-order valence-corrected chi connectivity index (χ2v) is 6.26. The van der Waals surface area contributed by atoms with E-state index in [-0.39, 0.29) is 5.69 Å². The van der Waals surface area contributed by atoms with E-state index in [0.717, 1.165) is 42.0 Å². The van der Waals surface area contributed by atoms with E-state index in [2.05, 4.69) is 4.99 Å². The van der Waals surface area contributed by atoms with Crippen molar-refractivity contribution in [1.82, 2.24) is 4.90 Å². The number of hydrogen-bond donors (Lipinski definition) is 1. The number of nitrogens with one attached hydrogen (secondary N) is 1. The lowest BCUT2D eigenvalue weighted by atomic mass is 9.98. The number of imide groups is 1. The van der Waals surface area contributed by atoms with E-state index in [4.69, 9.17) is 4.74 Å². The van der Waals surface area contributed by atoms with E-state index in [1.807, 2.05) is 0 Å². The zero-order valence-corrected chi connectivity index (χ0v) is 13.9. The van der Waals surface area contributed by atoms with Crippen molar-refractivity contribution in [3.63, 3.8) is 0 Å². The van der Waals surface area contributed by atoms with Gasteiger partial charge in [-0.3, -0.25) is 9.69 Å². The van der Waals surface area contributed by atoms with Crippen LogP contribution in [0, 0.1) is 5.82 Å². The minimum atomic E-state index is -0.727. The van der Waals surface area contributed by atoms with E-state index in [1.54, 1.807) is 19.2 Å². The molecule has 7 heteroatoms. The van der Waals surface area contributed by atoms with Gasteiger partial charge in [0.2, 0.25) is 0 Å². The van der Waals surface area contributed by atoms with Gasteiger partial charge in [0.25, 0.3) is 5.91 Å². The fourth-order valence-electron chi connectivity index (χ4n) is 3.63. The number of allylic oxidation sites excluding steroid dienone is 2. The van der Waals surface area contributed by atoms with E-state index in [9.17, 15) is 14.0 Å². The standard InChI is InChI=1S/C18H18FN3O3/c1-2-25-11-7-8-14(12(19)9-11)22-17(23)16-10-20-13-5-3-4-6-15(13)21(16)18(22)24/h7-10,16H,2-6H2,1H3/p+1. The van der Waals surface area contributed by atoms with Crippen LogP contribution in [-0.4, -0.2) is 35.7 Å². The molecule has 2 heterocycles. The van der Waals surface area contributed by atoms with Crippen molar-refractivity contribution >= 4 is 23.8 Å². The summed E-state index contributed by atoms with van der Waals surface area (Å²) in [4.78, 5) is 31.3. The number of anilines is 1. The van der Waals surface area contributed by atoms with Crippen molar-refractivity contribution in [2.45, 2.75) is 38.6 Å². The van der Waals surface area contributed by atoms with Crippen LogP contribution in [0.2, 0.25) is 0 Å². The van der Waals surface area contributed by atoms with Gasteiger partial charge in [0.15, 0.2) is 23.8 Å². The van der Waals surface area contributed by atoms with Crippen LogP contribution in [-0.2, 0) is 4.79 Å². The van der Waals surface area contributed by atoms with E-state index < -0.39 is 23.8 Å². The number of carbonyl (C=O) groups excluding carboxylic acids is 2. The van der Waals surface area contributed by atoms with Crippen molar-refractivity contribution in [2.24, 2.45) is 0 Å². The number of halogens is 1. The molecule has 1 fully saturated rings. The number of carbonyl (C=O) groups is 2. The molecule has 3 amide bonds. The average molecular weight is 344 g/mol. The van der Waals surface area contributed by atoms with Crippen LogP contribution in [0.25, 0.3) is 0 Å². The summed E-state index contributed by atoms with van der Waals surface area (Å²) in [5.74, 6) is -0.734. The molecular weight excluding hydrogens is 325 g/mol. The summed E-state index contributed by atoms with van der Waals surface area (Å²) in [6.45, 7) is 2.21. The van der Waals surface area contributed by atoms with Crippen LogP contribution < -0.4 is 14.6 Å². The molecule has 3 aliphatic rings. The van der Waals surface area contributed by atoms with Crippen LogP contribution in [0.4, 0.5) is 14.9 Å². The normalized spacial score (nSPS) is 22.4. The smallest absolute Gasteiger partial charge is 0.337 e. The molecule has 0 spiro atoms. The second kappa shape index (κ2) is 5.98. The molecule has 25 heavy (non-hydrogen) atoms. The fraction of sp³-hybridized carbons (Fsp3) is 0.389. The topological polar surface area (TPSA) is 63.8 Å². The van der Waals surface area contributed by atoms with Gasteiger partial charge in [0.1, 0.15) is 5.75 Å². The third kappa shape index (κ3) is 2.42. The molecule has 0 aromatic heterocycles. The first kappa shape index (κ1) is 15.8. The number of fused-ring (bicyclic) bond motifs is 2. The SMILES string of the molecule is CCOc1ccc(N2C(=O)C3C=[NH+]C4=C(CCCC4)N3C2=O)c(F)c1. The monoisotopic (exact) mass is 344 g/mol. The van der Waals surface area contributed by atoms with Crippen LogP contribution in [0.3, 0.4) is 0 Å². The van der Waals surface area contributed by atoms with Crippen molar-refractivity contribution in [1.29, 1.82) is 0 Å². The Morgan fingerprint density at radius 1 is 1.28 bits per heavy atom. The summed E-state index contributed by atoms with van der Waals surface area (Å²) >= 11 is 0. The first-order valence-electron chi connectivity index (χ1n) is 8.53. The molecule has 1 N–H and O–H groups in total. The van der Waals surface area contributed by atoms with Crippen LogP contribution in [0.15, 0.2) is 29.6 Å². The van der Waals surface area contributed by atoms with Crippen LogP contribution in [0.5, 0.6) is 5.75 Å². The molecule has 130 valence electrons. The highest BCUT2D eigenvalue weighted by Crippen LogP contribution is 2.35. The summed E-state index contributed by atoms with van der Waals surface area (Å²) in [7, 11) is 0. The lowest BCUT2D eigenvalue weighted by molar-refractivity contribution is -0.404. The summed E-state index contributed by atoms with van der Waals surface area (Å²) in [6, 6.07) is 2.95. The van der Waals surface area contributed by atoms with Gasteiger partial charge < -0.3 is 4.74 Å². The van der Waals surface area contributed by atoms with Gasteiger partial charge in [-0.25, -0.2) is 19.1 Å². The number of ether oxygens (including phenoxy) is 1. The Hall–Kier alpha value is -2.70. The van der Waals surface area contributed by atoms with Gasteiger partial charge in [-0.2, -0.15) is 0 Å². The summed E-state index contributed by atoms with van der Waals surface area (Å²) in [5.41, 5.74) is 1.79. The fourth-order valence-corrected chi connectivity index (χ4v) is 3.63. The number of benzene rings is 1. The Balaban J connectivity index is 1.71. The zero-order valence-electron chi connectivity index (χ0n) is 13.9. The average Bonchev–Trinajstić information content (AvgIpc) is 2.87. The molecule has 1 unspecified atom stereocenters. The Labute approximate surface area is 144 Å². The quantitative estimate of drug-likeness (QED) is 0.841. The number of amides is 3. The molecule has 0 bridgehead atoms. The number of hydrogen-bond acceptors (Lipinski definition) is 3. The second-order valence-electron chi connectivity index (χ2n) is 6.26. The molecule has 1 saturated heterocycles. The highest BCUT2D eigenvalue weighted by Gasteiger charge is 2.51. The molecule has 4 rings (SSSR count). The molecular formula is C18H19FN3O3+. The van der Waals surface area contributed by atoms with E-state index in [1.165, 1.54) is 17.0 Å². The Kier molecular flexibility index (Phi) is 3.78. The van der Waals surface area contributed by atoms with Gasteiger partial charge in [-0.1, -0.05) is 0 Å². The van der Waals surface area contributed by atoms with Gasteiger partial charge in [0, 0.05) is 12.5 Å². The maximum Gasteiger partial charge on any atom is 0.337 e. The lowest BCUT2D eigenvalue weighted by Crippen LogP contribution is -2.74. The number of rotatable bonds is 3. The predicted octanol–water partition coefficient (Wildman–Crippen LogP) is 1.31. The molecule has 1 aliphatic carbocycles. The molecule has 6 nitrogen and oxygen atoms in total. The van der Waals surface area contributed by atoms with E-state index in [0.29, 0.717) is 12.4 Å². The number of urea groups is 1. The molecule has 1 aromatic rings. The van der Waals surface area contributed by atoms with Crippen molar-refractivity contribution in [2.75, 3.05) is 11.5 Å². The minimum absolute atomic E-state index is 0.0424. The minimum Gasteiger partial charge on any atom is -0.494 e. The van der Waals surface area contributed by atoms with Crippen molar-refractivity contribution < 1.29 is 23.7 Å². The molecule has 0 radical (unpaired) electrons. The van der Waals surface area contributed by atoms with Gasteiger partial charge in [-0.05, 0) is 38.3 Å². The molecule has 1 atom stereocenters. The zero-order chi connectivity index (χ0) is 17.6. The maximum atomic E-state index is 14.5. The Morgan fingerprint density at radius 2 is 2.08 bits per heavy atom. The predicted molar refractivity (Wildman–Crippen MR) is 88.6 cm³/mol. The molecule has 1 aromatic carbocycles. The summed E-state index contributed by atoms with van der Waals surface area (Å²) in [6.07, 6.45) is 5.25. The summed E-state index contributed by atoms with van der Waals surface area (Å²) in [5, 5.41) is 0. The Bertz CT molecular complexity index is 818.